The van der Waals surface area contributed by atoms with E-state index < -0.39 is 23.6 Å². The Morgan fingerprint density at radius 3 is 1.95 bits per heavy atom. The zero-order valence-corrected chi connectivity index (χ0v) is 31.2. The van der Waals surface area contributed by atoms with Crippen LogP contribution in [0, 0.1) is 6.92 Å². The standard InChI is InChI=1S/C37H41N13O6/c1-5-50-26(16-21(2)47-50)34(53)45-36-43-24-17-22(31(38)51)19-27(55-4)29(24)48(36)13-6-7-14-49-30-25(44-37(49)46-35(54)33-41-11-8-12-42-33)18-23(32(39)52)20-28(30)56-15-9-10-40-3/h6-8,11-12,16-20,40H,5,9-10,13-15H2,1-4H3,(H2,38,51)(H2,39,52)(H,43,45,53)(H,44,46,54)/b7-6+. The fraction of sp³-hybridized carbons (Fsp3) is 0.270. The maximum absolute atomic E-state index is 13.6. The number of nitrogens with one attached hydrogen (secondary N) is 3. The lowest BCUT2D eigenvalue weighted by Crippen LogP contribution is -2.20. The summed E-state index contributed by atoms with van der Waals surface area (Å²) in [6.45, 7) is 5.48. The van der Waals surface area contributed by atoms with Crippen molar-refractivity contribution in [3.63, 3.8) is 0 Å². The van der Waals surface area contributed by atoms with Gasteiger partial charge in [0.25, 0.3) is 11.8 Å². The first kappa shape index (κ1) is 38.6. The van der Waals surface area contributed by atoms with E-state index in [9.17, 15) is 19.2 Å². The van der Waals surface area contributed by atoms with E-state index in [-0.39, 0.29) is 41.9 Å². The van der Waals surface area contributed by atoms with Crippen molar-refractivity contribution in [1.29, 1.82) is 0 Å². The summed E-state index contributed by atoms with van der Waals surface area (Å²) in [6, 6.07) is 9.38. The zero-order chi connectivity index (χ0) is 39.9. The molecule has 0 aliphatic carbocycles. The molecule has 4 amide bonds. The summed E-state index contributed by atoms with van der Waals surface area (Å²) in [5, 5.41) is 13.1. The lowest BCUT2D eigenvalue weighted by Gasteiger charge is -2.13. The van der Waals surface area contributed by atoms with Crippen LogP contribution in [0.15, 0.2) is 60.9 Å². The van der Waals surface area contributed by atoms with E-state index in [1.165, 1.54) is 37.7 Å². The van der Waals surface area contributed by atoms with Crippen molar-refractivity contribution < 1.29 is 28.7 Å². The number of hydrogen-bond donors (Lipinski definition) is 5. The third-order valence-corrected chi connectivity index (χ3v) is 8.63. The number of benzene rings is 2. The van der Waals surface area contributed by atoms with Crippen molar-refractivity contribution in [2.75, 3.05) is 37.9 Å². The first-order valence-corrected chi connectivity index (χ1v) is 17.6. The van der Waals surface area contributed by atoms with Crippen molar-refractivity contribution >= 4 is 57.6 Å². The smallest absolute Gasteiger partial charge is 0.295 e. The summed E-state index contributed by atoms with van der Waals surface area (Å²) in [7, 11) is 3.29. The molecule has 0 spiro atoms. The molecule has 0 radical (unpaired) electrons. The maximum Gasteiger partial charge on any atom is 0.295 e. The van der Waals surface area contributed by atoms with Gasteiger partial charge < -0.3 is 35.4 Å². The number of anilines is 2. The van der Waals surface area contributed by atoms with Crippen LogP contribution in [0.2, 0.25) is 0 Å². The predicted molar refractivity (Wildman–Crippen MR) is 207 cm³/mol. The van der Waals surface area contributed by atoms with Crippen LogP contribution in [0.4, 0.5) is 11.9 Å². The fourth-order valence-corrected chi connectivity index (χ4v) is 6.06. The van der Waals surface area contributed by atoms with E-state index in [1.54, 1.807) is 38.9 Å². The second-order valence-corrected chi connectivity index (χ2v) is 12.5. The van der Waals surface area contributed by atoms with Gasteiger partial charge in [-0.15, -0.1) is 0 Å². The largest absolute Gasteiger partial charge is 0.494 e. The first-order valence-electron chi connectivity index (χ1n) is 17.6. The Bertz CT molecular complexity index is 2470. The topological polar surface area (TPSA) is 254 Å². The van der Waals surface area contributed by atoms with Gasteiger partial charge >= 0.3 is 0 Å². The van der Waals surface area contributed by atoms with E-state index in [2.05, 4.69) is 41.0 Å². The summed E-state index contributed by atoms with van der Waals surface area (Å²) < 4.78 is 16.8. The van der Waals surface area contributed by atoms with Crippen molar-refractivity contribution in [1.82, 2.24) is 44.2 Å². The van der Waals surface area contributed by atoms with Gasteiger partial charge in [0.05, 0.1) is 30.4 Å². The molecule has 0 unspecified atom stereocenters. The second kappa shape index (κ2) is 16.9. The quantitative estimate of drug-likeness (QED) is 0.0664. The monoisotopic (exact) mass is 763 g/mol. The number of methoxy groups -OCH3 is 1. The summed E-state index contributed by atoms with van der Waals surface area (Å²) >= 11 is 0. The summed E-state index contributed by atoms with van der Waals surface area (Å²) in [6.07, 6.45) is 7.21. The number of nitrogens with zero attached hydrogens (tertiary/aromatic N) is 8. The van der Waals surface area contributed by atoms with E-state index >= 15 is 0 Å². The van der Waals surface area contributed by atoms with Crippen molar-refractivity contribution in [3.05, 3.63) is 89.3 Å². The van der Waals surface area contributed by atoms with E-state index in [1.807, 2.05) is 26.1 Å². The number of aromatic nitrogens is 8. The number of amides is 4. The van der Waals surface area contributed by atoms with Gasteiger partial charge in [-0.2, -0.15) is 5.10 Å². The number of allylic oxidation sites excluding steroid dienone is 2. The molecular formula is C37H41N13O6. The number of carbonyl (C=O) groups is 4. The average Bonchev–Trinajstić information content (AvgIpc) is 3.86. The van der Waals surface area contributed by atoms with Crippen LogP contribution in [-0.4, -0.2) is 89.8 Å². The van der Waals surface area contributed by atoms with Gasteiger partial charge in [-0.05, 0) is 70.3 Å². The number of imidazole rings is 2. The van der Waals surface area contributed by atoms with Gasteiger partial charge in [0.15, 0.2) is 0 Å². The third-order valence-electron chi connectivity index (χ3n) is 8.63. The van der Waals surface area contributed by atoms with Crippen molar-refractivity contribution in [2.24, 2.45) is 11.5 Å². The second-order valence-electron chi connectivity index (χ2n) is 12.5. The van der Waals surface area contributed by atoms with Gasteiger partial charge in [0.2, 0.25) is 29.5 Å². The Morgan fingerprint density at radius 1 is 0.821 bits per heavy atom. The molecule has 0 atom stereocenters. The van der Waals surface area contributed by atoms with E-state index in [4.69, 9.17) is 20.9 Å². The lowest BCUT2D eigenvalue weighted by molar-refractivity contribution is 0.0991. The van der Waals surface area contributed by atoms with Crippen LogP contribution in [0.5, 0.6) is 11.5 Å². The molecule has 4 aromatic heterocycles. The van der Waals surface area contributed by atoms with Gasteiger partial charge in [-0.1, -0.05) is 12.2 Å². The van der Waals surface area contributed by atoms with Crippen LogP contribution in [0.3, 0.4) is 0 Å². The normalized spacial score (nSPS) is 11.4. The van der Waals surface area contributed by atoms with Crippen LogP contribution in [0.25, 0.3) is 22.1 Å². The Labute approximate surface area is 320 Å². The molecule has 6 rings (SSSR count). The number of aryl methyl sites for hydroxylation is 2. The number of carbonyl (C=O) groups excluding carboxylic acids is 4. The average molecular weight is 764 g/mol. The third kappa shape index (κ3) is 8.16. The molecule has 0 bridgehead atoms. The Balaban J connectivity index is 1.40. The van der Waals surface area contributed by atoms with Crippen molar-refractivity contribution in [3.8, 4) is 11.5 Å². The summed E-state index contributed by atoms with van der Waals surface area (Å²) in [5.41, 5.74) is 14.4. The highest BCUT2D eigenvalue weighted by Gasteiger charge is 2.23. The summed E-state index contributed by atoms with van der Waals surface area (Å²) in [4.78, 5) is 68.7. The van der Waals surface area contributed by atoms with Gasteiger partial charge in [-0.25, -0.2) is 19.9 Å². The predicted octanol–water partition coefficient (Wildman–Crippen LogP) is 2.66. The van der Waals surface area contributed by atoms with E-state index in [0.29, 0.717) is 71.1 Å². The highest BCUT2D eigenvalue weighted by Crippen LogP contribution is 2.33. The minimum absolute atomic E-state index is 0.0739. The minimum atomic E-state index is -0.673. The van der Waals surface area contributed by atoms with Crippen LogP contribution in [-0.2, 0) is 19.6 Å². The lowest BCUT2D eigenvalue weighted by atomic mass is 10.1. The Morgan fingerprint density at radius 2 is 1.39 bits per heavy atom. The van der Waals surface area contributed by atoms with Crippen molar-refractivity contribution in [2.45, 2.75) is 39.9 Å². The van der Waals surface area contributed by atoms with Gasteiger partial charge in [-0.3, -0.25) is 34.5 Å². The molecule has 6 aromatic rings. The van der Waals surface area contributed by atoms with Crippen LogP contribution in [0.1, 0.15) is 60.9 Å². The molecule has 290 valence electrons. The molecule has 7 N–H and O–H groups in total. The Hall–Kier alpha value is -7.15. The van der Waals surface area contributed by atoms with Gasteiger partial charge in [0, 0.05) is 43.2 Å². The number of fused-ring (bicyclic) bond motifs is 2. The highest BCUT2D eigenvalue weighted by molar-refractivity contribution is 6.05. The molecule has 0 aliphatic rings. The molecule has 19 nitrogen and oxygen atoms in total. The molecule has 0 fully saturated rings. The van der Waals surface area contributed by atoms with Crippen LogP contribution < -0.4 is 36.9 Å². The van der Waals surface area contributed by atoms with Crippen LogP contribution >= 0.6 is 0 Å². The molecule has 19 heteroatoms. The van der Waals surface area contributed by atoms with Gasteiger partial charge in [0.1, 0.15) is 28.2 Å². The number of nitrogens with two attached hydrogens (primary N) is 2. The van der Waals surface area contributed by atoms with E-state index in [0.717, 1.165) is 0 Å². The molecule has 0 aliphatic heterocycles. The number of ether oxygens (including phenoxy) is 2. The Kier molecular flexibility index (Phi) is 11.6. The zero-order valence-electron chi connectivity index (χ0n) is 31.2. The number of primary amides is 2. The number of hydrogen-bond acceptors (Lipinski definition) is 12. The maximum atomic E-state index is 13.6. The molecule has 2 aromatic carbocycles. The SMILES string of the molecule is CCn1nc(C)cc1C(=O)Nc1nc2cc(C(N)=O)cc(OC)c2n1C/C=C/Cn1c(NC(=O)c2ncccn2)nc2cc(C(N)=O)cc(OCCCNC)c21. The fourth-order valence-electron chi connectivity index (χ4n) is 6.06. The highest BCUT2D eigenvalue weighted by atomic mass is 16.5. The molecule has 0 saturated carbocycles. The molecule has 4 heterocycles. The minimum Gasteiger partial charge on any atom is -0.494 e. The summed E-state index contributed by atoms with van der Waals surface area (Å²) in [5.74, 6) is -1.50. The number of rotatable bonds is 17. The molecular weight excluding hydrogens is 722 g/mol. The first-order chi connectivity index (χ1) is 27.0. The molecule has 0 saturated heterocycles. The molecule has 56 heavy (non-hydrogen) atoms.